The van der Waals surface area contributed by atoms with Crippen LogP contribution in [0.2, 0.25) is 0 Å². The van der Waals surface area contributed by atoms with Crippen LogP contribution < -0.4 is 5.32 Å². The second kappa shape index (κ2) is 7.49. The number of thiocarbonyl (C=S) groups is 1. The third-order valence-electron chi connectivity index (χ3n) is 4.06. The fourth-order valence-corrected chi connectivity index (χ4v) is 2.76. The summed E-state index contributed by atoms with van der Waals surface area (Å²) >= 11 is 5.55. The number of benzene rings is 2. The van der Waals surface area contributed by atoms with Crippen molar-refractivity contribution in [1.29, 1.82) is 0 Å². The van der Waals surface area contributed by atoms with E-state index in [9.17, 15) is 0 Å². The van der Waals surface area contributed by atoms with Crippen LogP contribution in [0.15, 0.2) is 60.9 Å². The van der Waals surface area contributed by atoms with Crippen LogP contribution in [0.25, 0.3) is 5.69 Å². The number of nitrogens with zero attached hydrogens (tertiary/aromatic N) is 3. The lowest BCUT2D eigenvalue weighted by Gasteiger charge is -2.21. The summed E-state index contributed by atoms with van der Waals surface area (Å²) < 4.78 is 1.88. The molecule has 0 aliphatic rings. The highest BCUT2D eigenvalue weighted by Gasteiger charge is 2.09. The molecule has 1 aromatic heterocycles. The highest BCUT2D eigenvalue weighted by atomic mass is 32.1. The molecule has 0 bridgehead atoms. The maximum absolute atomic E-state index is 5.55. The third kappa shape index (κ3) is 4.25. The Balaban J connectivity index is 1.66. The van der Waals surface area contributed by atoms with Crippen LogP contribution >= 0.6 is 12.2 Å². The zero-order valence-electron chi connectivity index (χ0n) is 14.7. The summed E-state index contributed by atoms with van der Waals surface area (Å²) in [4.78, 5) is 2.02. The van der Waals surface area contributed by atoms with Crippen LogP contribution in [-0.2, 0) is 6.54 Å². The number of hydrogen-bond donors (Lipinski definition) is 1. The second-order valence-corrected chi connectivity index (χ2v) is 6.62. The van der Waals surface area contributed by atoms with Crippen molar-refractivity contribution in [2.45, 2.75) is 20.4 Å². The van der Waals surface area contributed by atoms with Crippen LogP contribution in [-0.4, -0.2) is 26.8 Å². The molecule has 0 amide bonds. The first kappa shape index (κ1) is 17.2. The van der Waals surface area contributed by atoms with Gasteiger partial charge in [-0.25, -0.2) is 4.68 Å². The standard InChI is InChI=1S/C20H22N4S/c1-15-9-10-16(2)19(11-15)22-20(25)23(3)13-17-12-21-24(14-17)18-7-5-4-6-8-18/h4-12,14H,13H2,1-3H3,(H,22,25). The van der Waals surface area contributed by atoms with Crippen molar-refractivity contribution in [1.82, 2.24) is 14.7 Å². The molecule has 1 heterocycles. The average Bonchev–Trinajstić information content (AvgIpc) is 3.07. The van der Waals surface area contributed by atoms with Crippen LogP contribution in [0.4, 0.5) is 5.69 Å². The smallest absolute Gasteiger partial charge is 0.173 e. The van der Waals surface area contributed by atoms with Gasteiger partial charge in [0.25, 0.3) is 0 Å². The van der Waals surface area contributed by atoms with Gasteiger partial charge in [0.1, 0.15) is 0 Å². The van der Waals surface area contributed by atoms with Crippen molar-refractivity contribution in [3.8, 4) is 5.69 Å². The highest BCUT2D eigenvalue weighted by molar-refractivity contribution is 7.80. The fraction of sp³-hybridized carbons (Fsp3) is 0.200. The van der Waals surface area contributed by atoms with Gasteiger partial charge in [-0.05, 0) is 55.4 Å². The SMILES string of the molecule is Cc1ccc(C)c(NC(=S)N(C)Cc2cnn(-c3ccccc3)c2)c1. The maximum atomic E-state index is 5.55. The summed E-state index contributed by atoms with van der Waals surface area (Å²) in [5.41, 5.74) is 5.60. The van der Waals surface area contributed by atoms with Crippen LogP contribution in [0.5, 0.6) is 0 Å². The molecule has 2 aromatic carbocycles. The van der Waals surface area contributed by atoms with Crippen molar-refractivity contribution in [2.75, 3.05) is 12.4 Å². The Morgan fingerprint density at radius 1 is 1.16 bits per heavy atom. The summed E-state index contributed by atoms with van der Waals surface area (Å²) in [7, 11) is 1.99. The molecular weight excluding hydrogens is 328 g/mol. The quantitative estimate of drug-likeness (QED) is 0.711. The zero-order valence-corrected chi connectivity index (χ0v) is 15.5. The molecule has 128 valence electrons. The van der Waals surface area contributed by atoms with E-state index in [-0.39, 0.29) is 0 Å². The summed E-state index contributed by atoms with van der Waals surface area (Å²) in [6, 6.07) is 16.4. The Bertz CT molecular complexity index is 870. The van der Waals surface area contributed by atoms with E-state index >= 15 is 0 Å². The van der Waals surface area contributed by atoms with Crippen molar-refractivity contribution in [2.24, 2.45) is 0 Å². The zero-order chi connectivity index (χ0) is 17.8. The molecule has 0 radical (unpaired) electrons. The molecule has 0 spiro atoms. The Labute approximate surface area is 154 Å². The number of hydrogen-bond acceptors (Lipinski definition) is 2. The molecule has 0 aliphatic heterocycles. The highest BCUT2D eigenvalue weighted by Crippen LogP contribution is 2.17. The average molecular weight is 350 g/mol. The predicted octanol–water partition coefficient (Wildman–Crippen LogP) is 4.32. The summed E-state index contributed by atoms with van der Waals surface area (Å²) in [6.07, 6.45) is 3.91. The van der Waals surface area contributed by atoms with Crippen molar-refractivity contribution >= 4 is 23.0 Å². The molecule has 0 saturated heterocycles. The van der Waals surface area contributed by atoms with Gasteiger partial charge in [-0.2, -0.15) is 5.10 Å². The molecule has 1 N–H and O–H groups in total. The number of rotatable bonds is 4. The molecule has 0 saturated carbocycles. The Morgan fingerprint density at radius 2 is 1.92 bits per heavy atom. The fourth-order valence-electron chi connectivity index (χ4n) is 2.59. The lowest BCUT2D eigenvalue weighted by Crippen LogP contribution is -2.30. The van der Waals surface area contributed by atoms with Gasteiger partial charge >= 0.3 is 0 Å². The van der Waals surface area contributed by atoms with E-state index in [2.05, 4.69) is 42.5 Å². The van der Waals surface area contributed by atoms with Crippen LogP contribution in [0, 0.1) is 13.8 Å². The van der Waals surface area contributed by atoms with E-state index in [4.69, 9.17) is 12.2 Å². The van der Waals surface area contributed by atoms with Crippen molar-refractivity contribution < 1.29 is 0 Å². The number of aryl methyl sites for hydroxylation is 2. The number of aromatic nitrogens is 2. The predicted molar refractivity (Wildman–Crippen MR) is 107 cm³/mol. The first-order chi connectivity index (χ1) is 12.0. The van der Waals surface area contributed by atoms with Crippen LogP contribution in [0.3, 0.4) is 0 Å². The van der Waals surface area contributed by atoms with Crippen LogP contribution in [0.1, 0.15) is 16.7 Å². The minimum Gasteiger partial charge on any atom is -0.348 e. The molecule has 3 rings (SSSR count). The summed E-state index contributed by atoms with van der Waals surface area (Å²) in [6.45, 7) is 4.85. The molecule has 4 nitrogen and oxygen atoms in total. The van der Waals surface area contributed by atoms with Gasteiger partial charge in [0, 0.05) is 31.0 Å². The minimum absolute atomic E-state index is 0.696. The topological polar surface area (TPSA) is 33.1 Å². The maximum Gasteiger partial charge on any atom is 0.173 e. The molecule has 0 fully saturated rings. The Kier molecular flexibility index (Phi) is 5.14. The first-order valence-corrected chi connectivity index (χ1v) is 8.62. The van der Waals surface area contributed by atoms with Gasteiger partial charge in [-0.3, -0.25) is 0 Å². The molecule has 3 aromatic rings. The van der Waals surface area contributed by atoms with Gasteiger partial charge in [0.2, 0.25) is 0 Å². The van der Waals surface area contributed by atoms with E-state index in [0.29, 0.717) is 11.7 Å². The molecule has 0 unspecified atom stereocenters. The van der Waals surface area contributed by atoms with Gasteiger partial charge in [-0.15, -0.1) is 0 Å². The van der Waals surface area contributed by atoms with Gasteiger partial charge in [0.15, 0.2) is 5.11 Å². The van der Waals surface area contributed by atoms with E-state index in [0.717, 1.165) is 16.9 Å². The van der Waals surface area contributed by atoms with Gasteiger partial charge in [0.05, 0.1) is 11.9 Å². The monoisotopic (exact) mass is 350 g/mol. The molecule has 5 heteroatoms. The van der Waals surface area contributed by atoms with E-state index in [1.165, 1.54) is 11.1 Å². The largest absolute Gasteiger partial charge is 0.348 e. The minimum atomic E-state index is 0.696. The van der Waals surface area contributed by atoms with E-state index in [1.807, 2.05) is 59.4 Å². The lowest BCUT2D eigenvalue weighted by molar-refractivity contribution is 0.508. The Morgan fingerprint density at radius 3 is 2.68 bits per heavy atom. The first-order valence-electron chi connectivity index (χ1n) is 8.21. The number of anilines is 1. The number of nitrogens with one attached hydrogen (secondary N) is 1. The number of para-hydroxylation sites is 1. The molecule has 0 atom stereocenters. The lowest BCUT2D eigenvalue weighted by atomic mass is 10.1. The molecule has 25 heavy (non-hydrogen) atoms. The third-order valence-corrected chi connectivity index (χ3v) is 4.47. The summed E-state index contributed by atoms with van der Waals surface area (Å²) in [5, 5.41) is 8.47. The second-order valence-electron chi connectivity index (χ2n) is 6.23. The molecule has 0 aliphatic carbocycles. The molecular formula is C20H22N4S. The van der Waals surface area contributed by atoms with Gasteiger partial charge in [-0.1, -0.05) is 30.3 Å². The van der Waals surface area contributed by atoms with E-state index in [1.54, 1.807) is 0 Å². The Hall–Kier alpha value is -2.66. The summed E-state index contributed by atoms with van der Waals surface area (Å²) in [5.74, 6) is 0. The van der Waals surface area contributed by atoms with E-state index < -0.39 is 0 Å². The van der Waals surface area contributed by atoms with Gasteiger partial charge < -0.3 is 10.2 Å². The van der Waals surface area contributed by atoms with Crippen molar-refractivity contribution in [3.63, 3.8) is 0 Å². The normalized spacial score (nSPS) is 10.5. The van der Waals surface area contributed by atoms with Crippen molar-refractivity contribution in [3.05, 3.63) is 77.6 Å².